The summed E-state index contributed by atoms with van der Waals surface area (Å²) in [6.45, 7) is 1.94. The molecule has 1 amide bonds. The van der Waals surface area contributed by atoms with E-state index in [1.54, 1.807) is 6.07 Å². The maximum absolute atomic E-state index is 13.5. The van der Waals surface area contributed by atoms with Crippen molar-refractivity contribution in [2.75, 3.05) is 17.3 Å². The lowest BCUT2D eigenvalue weighted by Crippen LogP contribution is -2.45. The predicted octanol–water partition coefficient (Wildman–Crippen LogP) is 2.60. The first kappa shape index (κ1) is 11.6. The summed E-state index contributed by atoms with van der Waals surface area (Å²) in [4.78, 5) is 13.6. The van der Waals surface area contributed by atoms with Gasteiger partial charge in [-0.2, -0.15) is 0 Å². The summed E-state index contributed by atoms with van der Waals surface area (Å²) in [5.74, 6) is -0.280. The summed E-state index contributed by atoms with van der Waals surface area (Å²) in [5.41, 5.74) is 1.42. The molecule has 0 bridgehead atoms. The normalized spacial score (nSPS) is 19.4. The minimum absolute atomic E-state index is 0.0279. The van der Waals surface area contributed by atoms with Crippen LogP contribution >= 0.6 is 22.6 Å². The van der Waals surface area contributed by atoms with Gasteiger partial charge in [0.15, 0.2) is 0 Å². The van der Waals surface area contributed by atoms with Crippen LogP contribution in [0.5, 0.6) is 0 Å². The molecule has 16 heavy (non-hydrogen) atoms. The second-order valence-corrected chi connectivity index (χ2v) is 4.97. The largest absolute Gasteiger partial charge is 0.361 e. The number of hydrogen-bond acceptors (Lipinski definition) is 2. The highest BCUT2D eigenvalue weighted by Crippen LogP contribution is 2.34. The maximum Gasteiger partial charge on any atom is 0.247 e. The van der Waals surface area contributed by atoms with Crippen LogP contribution in [0.4, 0.5) is 15.8 Å². The van der Waals surface area contributed by atoms with Gasteiger partial charge < -0.3 is 10.2 Å². The standard InChI is InChI=1S/C11H12FIN2O/c1-3-9-11(16)14-8-5-7(13)6(12)4-10(8)15(9)2/h4-5,9H,3H2,1-2H3,(H,14,16). The topological polar surface area (TPSA) is 32.3 Å². The van der Waals surface area contributed by atoms with Gasteiger partial charge in [-0.25, -0.2) is 4.39 Å². The van der Waals surface area contributed by atoms with Gasteiger partial charge in [0.1, 0.15) is 11.9 Å². The smallest absolute Gasteiger partial charge is 0.247 e. The number of nitrogens with zero attached hydrogens (tertiary/aromatic N) is 1. The van der Waals surface area contributed by atoms with Crippen molar-refractivity contribution in [3.8, 4) is 0 Å². The molecule has 0 radical (unpaired) electrons. The van der Waals surface area contributed by atoms with Crippen molar-refractivity contribution in [2.45, 2.75) is 19.4 Å². The number of carbonyl (C=O) groups excluding carboxylic acids is 1. The van der Waals surface area contributed by atoms with Crippen LogP contribution in [0, 0.1) is 9.39 Å². The van der Waals surface area contributed by atoms with E-state index in [-0.39, 0.29) is 17.8 Å². The quantitative estimate of drug-likeness (QED) is 0.801. The molecule has 1 atom stereocenters. The number of likely N-dealkylation sites (N-methyl/N-ethyl adjacent to an activating group) is 1. The molecule has 0 spiro atoms. The molecule has 1 aliphatic rings. The lowest BCUT2D eigenvalue weighted by Gasteiger charge is -2.34. The highest BCUT2D eigenvalue weighted by atomic mass is 127. The summed E-state index contributed by atoms with van der Waals surface area (Å²) in [7, 11) is 1.82. The summed E-state index contributed by atoms with van der Waals surface area (Å²) in [5, 5.41) is 2.81. The van der Waals surface area contributed by atoms with E-state index in [0.29, 0.717) is 15.7 Å². The monoisotopic (exact) mass is 334 g/mol. The number of amides is 1. The summed E-state index contributed by atoms with van der Waals surface area (Å²) in [6.07, 6.45) is 0.704. The Labute approximate surface area is 107 Å². The SMILES string of the molecule is CCC1C(=O)Nc2cc(I)c(F)cc2N1C. The van der Waals surface area contributed by atoms with Gasteiger partial charge >= 0.3 is 0 Å². The molecule has 1 aromatic rings. The molecule has 1 aromatic carbocycles. The molecule has 0 aromatic heterocycles. The van der Waals surface area contributed by atoms with E-state index in [1.807, 2.05) is 41.5 Å². The van der Waals surface area contributed by atoms with Crippen LogP contribution < -0.4 is 10.2 Å². The van der Waals surface area contributed by atoms with E-state index in [9.17, 15) is 9.18 Å². The van der Waals surface area contributed by atoms with Crippen molar-refractivity contribution >= 4 is 39.9 Å². The fourth-order valence-electron chi connectivity index (χ4n) is 1.95. The molecule has 1 aliphatic heterocycles. The van der Waals surface area contributed by atoms with Crippen molar-refractivity contribution in [1.29, 1.82) is 0 Å². The Morgan fingerprint density at radius 2 is 2.25 bits per heavy atom. The number of nitrogens with one attached hydrogen (secondary N) is 1. The van der Waals surface area contributed by atoms with Crippen LogP contribution in [0.2, 0.25) is 0 Å². The Kier molecular flexibility index (Phi) is 3.05. The molecule has 0 aliphatic carbocycles. The zero-order chi connectivity index (χ0) is 11.9. The molecule has 2 rings (SSSR count). The summed E-state index contributed by atoms with van der Waals surface area (Å²) >= 11 is 1.91. The minimum atomic E-state index is -0.253. The number of rotatable bonds is 1. The first-order valence-electron chi connectivity index (χ1n) is 5.07. The lowest BCUT2D eigenvalue weighted by atomic mass is 10.1. The van der Waals surface area contributed by atoms with Gasteiger partial charge in [-0.1, -0.05) is 6.92 Å². The number of anilines is 2. The number of benzene rings is 1. The molecule has 0 saturated heterocycles. The fourth-order valence-corrected chi connectivity index (χ4v) is 2.41. The van der Waals surface area contributed by atoms with E-state index in [4.69, 9.17) is 0 Å². The van der Waals surface area contributed by atoms with Crippen LogP contribution in [0.1, 0.15) is 13.3 Å². The molecular weight excluding hydrogens is 322 g/mol. The Morgan fingerprint density at radius 1 is 1.56 bits per heavy atom. The molecule has 1 heterocycles. The molecule has 5 heteroatoms. The van der Waals surface area contributed by atoms with Crippen LogP contribution in [0.3, 0.4) is 0 Å². The molecule has 1 unspecified atom stereocenters. The fraction of sp³-hybridized carbons (Fsp3) is 0.364. The second-order valence-electron chi connectivity index (χ2n) is 3.81. The zero-order valence-corrected chi connectivity index (χ0v) is 11.2. The first-order chi connectivity index (χ1) is 7.54. The highest BCUT2D eigenvalue weighted by Gasteiger charge is 2.29. The van der Waals surface area contributed by atoms with Crippen LogP contribution in [-0.4, -0.2) is 19.0 Å². The predicted molar refractivity (Wildman–Crippen MR) is 70.2 cm³/mol. The third kappa shape index (κ3) is 1.77. The van der Waals surface area contributed by atoms with Gasteiger partial charge in [-0.15, -0.1) is 0 Å². The van der Waals surface area contributed by atoms with Crippen LogP contribution in [0.15, 0.2) is 12.1 Å². The lowest BCUT2D eigenvalue weighted by molar-refractivity contribution is -0.117. The van der Waals surface area contributed by atoms with Gasteiger partial charge in [0, 0.05) is 13.1 Å². The van der Waals surface area contributed by atoms with Crippen molar-refractivity contribution in [3.05, 3.63) is 21.5 Å². The number of hydrogen-bond donors (Lipinski definition) is 1. The van der Waals surface area contributed by atoms with Gasteiger partial charge in [-0.05, 0) is 35.1 Å². The van der Waals surface area contributed by atoms with E-state index in [1.165, 1.54) is 6.07 Å². The van der Waals surface area contributed by atoms with Crippen molar-refractivity contribution in [3.63, 3.8) is 0 Å². The third-order valence-corrected chi connectivity index (χ3v) is 3.66. The molecule has 86 valence electrons. The second kappa shape index (κ2) is 4.20. The van der Waals surface area contributed by atoms with Gasteiger partial charge in [0.25, 0.3) is 0 Å². The van der Waals surface area contributed by atoms with Gasteiger partial charge in [0.2, 0.25) is 5.91 Å². The van der Waals surface area contributed by atoms with E-state index in [0.717, 1.165) is 5.69 Å². The number of halogens is 2. The highest BCUT2D eigenvalue weighted by molar-refractivity contribution is 14.1. The third-order valence-electron chi connectivity index (χ3n) is 2.83. The Hall–Kier alpha value is -0.850. The van der Waals surface area contributed by atoms with Crippen LogP contribution in [0.25, 0.3) is 0 Å². The molecule has 0 fully saturated rings. The first-order valence-corrected chi connectivity index (χ1v) is 6.15. The Bertz CT molecular complexity index is 450. The van der Waals surface area contributed by atoms with E-state index in [2.05, 4.69) is 5.32 Å². The molecule has 3 nitrogen and oxygen atoms in total. The Balaban J connectivity index is 2.51. The van der Waals surface area contributed by atoms with Gasteiger partial charge in [-0.3, -0.25) is 4.79 Å². The average Bonchev–Trinajstić information content (AvgIpc) is 2.22. The van der Waals surface area contributed by atoms with E-state index < -0.39 is 0 Å². The summed E-state index contributed by atoms with van der Waals surface area (Å²) in [6, 6.07) is 2.91. The molecule has 1 N–H and O–H groups in total. The number of carbonyl (C=O) groups is 1. The number of fused-ring (bicyclic) bond motifs is 1. The summed E-state index contributed by atoms with van der Waals surface area (Å²) < 4.78 is 14.0. The molecule has 0 saturated carbocycles. The van der Waals surface area contributed by atoms with Crippen molar-refractivity contribution in [1.82, 2.24) is 0 Å². The van der Waals surface area contributed by atoms with E-state index >= 15 is 0 Å². The van der Waals surface area contributed by atoms with Gasteiger partial charge in [0.05, 0.1) is 14.9 Å². The molecular formula is C11H12FIN2O. The van der Waals surface area contributed by atoms with Crippen LogP contribution in [-0.2, 0) is 4.79 Å². The van der Waals surface area contributed by atoms with Crippen molar-refractivity contribution in [2.24, 2.45) is 0 Å². The zero-order valence-electron chi connectivity index (χ0n) is 9.05. The average molecular weight is 334 g/mol. The maximum atomic E-state index is 13.5. The Morgan fingerprint density at radius 3 is 2.88 bits per heavy atom. The minimum Gasteiger partial charge on any atom is -0.361 e. The van der Waals surface area contributed by atoms with Crippen molar-refractivity contribution < 1.29 is 9.18 Å².